The highest BCUT2D eigenvalue weighted by Gasteiger charge is 2.33. The number of methoxy groups -OCH3 is 1. The summed E-state index contributed by atoms with van der Waals surface area (Å²) in [6.07, 6.45) is 1.75. The van der Waals surface area contributed by atoms with Crippen molar-refractivity contribution in [2.45, 2.75) is 32.3 Å². The lowest BCUT2D eigenvalue weighted by atomic mass is 9.91. The maximum absolute atomic E-state index is 12.5. The fraction of sp³-hybridized carbons (Fsp3) is 0.667. The van der Waals surface area contributed by atoms with E-state index in [1.54, 1.807) is 25.1 Å². The Kier molecular flexibility index (Phi) is 5.54. The van der Waals surface area contributed by atoms with Crippen molar-refractivity contribution in [3.05, 3.63) is 17.5 Å². The van der Waals surface area contributed by atoms with Gasteiger partial charge in [0.1, 0.15) is 5.76 Å². The number of aryl methyl sites for hydroxylation is 1. The molecule has 1 N–H and O–H groups in total. The summed E-state index contributed by atoms with van der Waals surface area (Å²) in [5.74, 6) is 0.480. The number of hydrogen-bond acceptors (Lipinski definition) is 5. The van der Waals surface area contributed by atoms with E-state index in [0.29, 0.717) is 43.8 Å². The third-order valence-corrected chi connectivity index (χ3v) is 4.11. The van der Waals surface area contributed by atoms with Crippen molar-refractivity contribution in [1.82, 2.24) is 15.4 Å². The van der Waals surface area contributed by atoms with Gasteiger partial charge in [0, 0.05) is 52.1 Å². The maximum Gasteiger partial charge on any atom is 0.276 e. The highest BCUT2D eigenvalue weighted by Crippen LogP contribution is 2.24. The van der Waals surface area contributed by atoms with Crippen molar-refractivity contribution in [1.29, 1.82) is 0 Å². The molecular formula is C15H23N3O4. The van der Waals surface area contributed by atoms with Crippen LogP contribution < -0.4 is 5.32 Å². The Bertz CT molecular complexity index is 529. The number of ether oxygens (including phenoxy) is 1. The number of nitrogens with one attached hydrogen (secondary N) is 1. The van der Waals surface area contributed by atoms with E-state index in [1.807, 2.05) is 6.92 Å². The highest BCUT2D eigenvalue weighted by molar-refractivity contribution is 5.92. The average Bonchev–Trinajstić information content (AvgIpc) is 3.03. The van der Waals surface area contributed by atoms with Crippen molar-refractivity contribution >= 4 is 11.8 Å². The molecule has 0 aromatic carbocycles. The molecule has 0 saturated carbocycles. The lowest BCUT2D eigenvalue weighted by Crippen LogP contribution is -2.48. The third kappa shape index (κ3) is 3.65. The molecule has 2 amide bonds. The zero-order valence-corrected chi connectivity index (χ0v) is 13.3. The standard InChI is InChI=1S/C15H23N3O4/c1-4-11-8-12(17-22-11)15(20)18-6-5-13(21-3)10(9-18)7-14(19)16-2/h8,10,13H,4-7,9H2,1-3H3,(H,16,19)/t10-,13-/m1/s1. The van der Waals surface area contributed by atoms with Crippen LogP contribution in [0.5, 0.6) is 0 Å². The van der Waals surface area contributed by atoms with Gasteiger partial charge < -0.3 is 19.5 Å². The van der Waals surface area contributed by atoms with Crippen LogP contribution in [0.3, 0.4) is 0 Å². The van der Waals surface area contributed by atoms with Crippen LogP contribution >= 0.6 is 0 Å². The molecule has 2 atom stereocenters. The number of hydrogen-bond donors (Lipinski definition) is 1. The van der Waals surface area contributed by atoms with Gasteiger partial charge in [0.2, 0.25) is 5.91 Å². The molecule has 22 heavy (non-hydrogen) atoms. The summed E-state index contributed by atoms with van der Waals surface area (Å²) in [7, 11) is 3.25. The molecule has 0 spiro atoms. The lowest BCUT2D eigenvalue weighted by molar-refractivity contribution is -0.123. The molecule has 1 aliphatic heterocycles. The normalized spacial score (nSPS) is 21.7. The van der Waals surface area contributed by atoms with Crippen molar-refractivity contribution in [2.24, 2.45) is 5.92 Å². The van der Waals surface area contributed by atoms with Gasteiger partial charge in [0.15, 0.2) is 5.69 Å². The Morgan fingerprint density at radius 3 is 2.91 bits per heavy atom. The first-order valence-electron chi connectivity index (χ1n) is 7.57. The van der Waals surface area contributed by atoms with E-state index < -0.39 is 0 Å². The van der Waals surface area contributed by atoms with Crippen LogP contribution in [0, 0.1) is 5.92 Å². The second-order valence-electron chi connectivity index (χ2n) is 5.48. The fourth-order valence-electron chi connectivity index (χ4n) is 2.78. The molecule has 2 rings (SSSR count). The van der Waals surface area contributed by atoms with Gasteiger partial charge in [-0.15, -0.1) is 0 Å². The molecule has 1 aromatic heterocycles. The van der Waals surface area contributed by atoms with Crippen molar-refractivity contribution in [2.75, 3.05) is 27.2 Å². The number of carbonyl (C=O) groups is 2. The number of piperidine rings is 1. The van der Waals surface area contributed by atoms with Gasteiger partial charge in [0.25, 0.3) is 5.91 Å². The predicted molar refractivity (Wildman–Crippen MR) is 79.4 cm³/mol. The fourth-order valence-corrected chi connectivity index (χ4v) is 2.78. The zero-order chi connectivity index (χ0) is 16.1. The third-order valence-electron chi connectivity index (χ3n) is 4.11. The first-order chi connectivity index (χ1) is 10.6. The molecule has 1 aromatic rings. The molecule has 0 aliphatic carbocycles. The van der Waals surface area contributed by atoms with Gasteiger partial charge >= 0.3 is 0 Å². The van der Waals surface area contributed by atoms with Crippen LogP contribution in [0.15, 0.2) is 10.6 Å². The van der Waals surface area contributed by atoms with Gasteiger partial charge in [-0.2, -0.15) is 0 Å². The van der Waals surface area contributed by atoms with E-state index >= 15 is 0 Å². The van der Waals surface area contributed by atoms with Gasteiger partial charge in [-0.05, 0) is 6.42 Å². The van der Waals surface area contributed by atoms with E-state index in [1.165, 1.54) is 0 Å². The van der Waals surface area contributed by atoms with Gasteiger partial charge in [0.05, 0.1) is 6.10 Å². The monoisotopic (exact) mass is 309 g/mol. The zero-order valence-electron chi connectivity index (χ0n) is 13.3. The molecule has 2 heterocycles. The Labute approximate surface area is 130 Å². The molecule has 0 bridgehead atoms. The minimum absolute atomic E-state index is 0.00939. The molecule has 0 unspecified atom stereocenters. The smallest absolute Gasteiger partial charge is 0.276 e. The van der Waals surface area contributed by atoms with E-state index in [-0.39, 0.29) is 23.8 Å². The lowest BCUT2D eigenvalue weighted by Gasteiger charge is -2.37. The number of carbonyl (C=O) groups excluding carboxylic acids is 2. The van der Waals surface area contributed by atoms with Crippen LogP contribution in [0.1, 0.15) is 36.0 Å². The van der Waals surface area contributed by atoms with Crippen LogP contribution in [-0.2, 0) is 16.0 Å². The Morgan fingerprint density at radius 2 is 2.32 bits per heavy atom. The van der Waals surface area contributed by atoms with E-state index in [4.69, 9.17) is 9.26 Å². The van der Waals surface area contributed by atoms with Crippen molar-refractivity contribution in [3.63, 3.8) is 0 Å². The minimum atomic E-state index is -0.153. The van der Waals surface area contributed by atoms with Crippen LogP contribution in [-0.4, -0.2) is 55.2 Å². The molecule has 7 heteroatoms. The Hall–Kier alpha value is -1.89. The van der Waals surface area contributed by atoms with Crippen molar-refractivity contribution < 1.29 is 18.8 Å². The summed E-state index contributed by atoms with van der Waals surface area (Å²) < 4.78 is 10.5. The summed E-state index contributed by atoms with van der Waals surface area (Å²) in [6.45, 7) is 3.02. The van der Waals surface area contributed by atoms with Crippen LogP contribution in [0.25, 0.3) is 0 Å². The topological polar surface area (TPSA) is 84.7 Å². The minimum Gasteiger partial charge on any atom is -0.381 e. The predicted octanol–water partition coefficient (Wildman–Crippen LogP) is 0.850. The molecule has 1 saturated heterocycles. The second-order valence-corrected chi connectivity index (χ2v) is 5.48. The summed E-state index contributed by atoms with van der Waals surface area (Å²) in [6, 6.07) is 1.68. The molecular weight excluding hydrogens is 286 g/mol. The number of nitrogens with zero attached hydrogens (tertiary/aromatic N) is 2. The van der Waals surface area contributed by atoms with E-state index in [0.717, 1.165) is 0 Å². The van der Waals surface area contributed by atoms with Crippen molar-refractivity contribution in [3.8, 4) is 0 Å². The van der Waals surface area contributed by atoms with Gasteiger partial charge in [-0.1, -0.05) is 12.1 Å². The molecule has 7 nitrogen and oxygen atoms in total. The number of likely N-dealkylation sites (tertiary alicyclic amines) is 1. The number of rotatable bonds is 5. The SMILES string of the molecule is CCc1cc(C(=O)N2CC[C@@H](OC)[C@H](CC(=O)NC)C2)no1. The average molecular weight is 309 g/mol. The number of aromatic nitrogens is 1. The Morgan fingerprint density at radius 1 is 1.55 bits per heavy atom. The van der Waals surface area contributed by atoms with E-state index in [2.05, 4.69) is 10.5 Å². The molecule has 1 fully saturated rings. The van der Waals surface area contributed by atoms with Crippen LogP contribution in [0.2, 0.25) is 0 Å². The summed E-state index contributed by atoms with van der Waals surface area (Å²) in [4.78, 5) is 25.8. The quantitative estimate of drug-likeness (QED) is 0.871. The summed E-state index contributed by atoms with van der Waals surface area (Å²) >= 11 is 0. The van der Waals surface area contributed by atoms with Crippen LogP contribution in [0.4, 0.5) is 0 Å². The molecule has 122 valence electrons. The summed E-state index contributed by atoms with van der Waals surface area (Å²) in [5.41, 5.74) is 0.325. The maximum atomic E-state index is 12.5. The Balaban J connectivity index is 2.05. The number of amides is 2. The highest BCUT2D eigenvalue weighted by atomic mass is 16.5. The largest absolute Gasteiger partial charge is 0.381 e. The van der Waals surface area contributed by atoms with Gasteiger partial charge in [-0.25, -0.2) is 0 Å². The first-order valence-corrected chi connectivity index (χ1v) is 7.57. The molecule has 0 radical (unpaired) electrons. The second kappa shape index (κ2) is 7.40. The van der Waals surface area contributed by atoms with E-state index in [9.17, 15) is 9.59 Å². The van der Waals surface area contributed by atoms with Gasteiger partial charge in [-0.3, -0.25) is 9.59 Å². The summed E-state index contributed by atoms with van der Waals surface area (Å²) in [5, 5.41) is 6.45. The molecule has 1 aliphatic rings. The first kappa shape index (κ1) is 16.5.